The van der Waals surface area contributed by atoms with Gasteiger partial charge in [0.2, 0.25) is 5.88 Å². The van der Waals surface area contributed by atoms with Gasteiger partial charge in [0.15, 0.2) is 12.3 Å². The van der Waals surface area contributed by atoms with Gasteiger partial charge < -0.3 is 9.47 Å². The van der Waals surface area contributed by atoms with E-state index in [4.69, 9.17) is 4.74 Å². The smallest absolute Gasteiger partial charge is 0.358 e. The number of carbonyl (C=O) groups excluding carboxylic acids is 1. The van der Waals surface area contributed by atoms with Crippen LogP contribution < -0.4 is 4.74 Å². The molecule has 0 aliphatic heterocycles. The molecule has 0 fully saturated rings. The zero-order chi connectivity index (χ0) is 15.4. The predicted molar refractivity (Wildman–Crippen MR) is 72.9 cm³/mol. The van der Waals surface area contributed by atoms with Gasteiger partial charge in [-0.25, -0.2) is 23.5 Å². The van der Waals surface area contributed by atoms with E-state index in [2.05, 4.69) is 14.7 Å². The summed E-state index contributed by atoms with van der Waals surface area (Å²) in [5.74, 6) is -0.438. The van der Waals surface area contributed by atoms with Crippen molar-refractivity contribution in [2.24, 2.45) is 0 Å². The highest BCUT2D eigenvalue weighted by atomic mass is 32.1. The third-order valence-electron chi connectivity index (χ3n) is 2.48. The number of halogens is 2. The molecule has 21 heavy (non-hydrogen) atoms. The second-order valence-corrected chi connectivity index (χ2v) is 5.19. The maximum atomic E-state index is 12.1. The number of pyridine rings is 1. The first-order valence-corrected chi connectivity index (χ1v) is 6.76. The summed E-state index contributed by atoms with van der Waals surface area (Å²) in [6.45, 7) is 0.769. The molecule has 0 aliphatic rings. The molecular weight excluding hydrogens is 302 g/mol. The van der Waals surface area contributed by atoms with Crippen molar-refractivity contribution in [1.82, 2.24) is 9.97 Å². The van der Waals surface area contributed by atoms with Crippen LogP contribution in [0.5, 0.6) is 5.88 Å². The third kappa shape index (κ3) is 3.72. The summed E-state index contributed by atoms with van der Waals surface area (Å²) in [6, 6.07) is 3.35. The van der Waals surface area contributed by atoms with E-state index in [0.717, 1.165) is 0 Å². The maximum absolute atomic E-state index is 12.1. The van der Waals surface area contributed by atoms with Crippen molar-refractivity contribution in [3.63, 3.8) is 0 Å². The standard InChI is InChI=1S/C13H12F2N2O3S/c1-7-17-11(13(18)20-6-9(14)15)12(21-7)8-3-4-10(19-2)16-5-8/h3-5,9H,6H2,1-2H3. The molecule has 0 bridgehead atoms. The highest BCUT2D eigenvalue weighted by Crippen LogP contribution is 2.31. The van der Waals surface area contributed by atoms with Crippen molar-refractivity contribution in [1.29, 1.82) is 0 Å². The highest BCUT2D eigenvalue weighted by Gasteiger charge is 2.21. The van der Waals surface area contributed by atoms with Gasteiger partial charge in [0.05, 0.1) is 17.0 Å². The first kappa shape index (κ1) is 15.3. The average molecular weight is 314 g/mol. The summed E-state index contributed by atoms with van der Waals surface area (Å²) < 4.78 is 33.7. The van der Waals surface area contributed by atoms with Gasteiger partial charge in [-0.2, -0.15) is 0 Å². The van der Waals surface area contributed by atoms with Crippen LogP contribution in [-0.4, -0.2) is 36.1 Å². The topological polar surface area (TPSA) is 61.3 Å². The molecule has 0 unspecified atom stereocenters. The summed E-state index contributed by atoms with van der Waals surface area (Å²) >= 11 is 1.26. The van der Waals surface area contributed by atoms with Crippen LogP contribution in [0, 0.1) is 6.92 Å². The molecule has 8 heteroatoms. The largest absolute Gasteiger partial charge is 0.481 e. The molecule has 0 saturated heterocycles. The van der Waals surface area contributed by atoms with Crippen LogP contribution in [-0.2, 0) is 4.74 Å². The Kier molecular flexibility index (Phi) is 4.79. The van der Waals surface area contributed by atoms with Crippen LogP contribution in [0.15, 0.2) is 18.3 Å². The van der Waals surface area contributed by atoms with E-state index < -0.39 is 19.0 Å². The lowest BCUT2D eigenvalue weighted by Crippen LogP contribution is -2.12. The normalized spacial score (nSPS) is 10.7. The predicted octanol–water partition coefficient (Wildman–Crippen LogP) is 2.94. The number of aromatic nitrogens is 2. The third-order valence-corrected chi connectivity index (χ3v) is 3.50. The number of hydrogen-bond acceptors (Lipinski definition) is 6. The zero-order valence-corrected chi connectivity index (χ0v) is 12.1. The highest BCUT2D eigenvalue weighted by molar-refractivity contribution is 7.15. The Morgan fingerprint density at radius 2 is 2.19 bits per heavy atom. The second kappa shape index (κ2) is 6.57. The lowest BCUT2D eigenvalue weighted by molar-refractivity contribution is 0.0156. The van der Waals surface area contributed by atoms with Gasteiger partial charge in [-0.1, -0.05) is 0 Å². The fourth-order valence-electron chi connectivity index (χ4n) is 1.60. The van der Waals surface area contributed by atoms with Gasteiger partial charge in [0, 0.05) is 17.8 Å². The van der Waals surface area contributed by atoms with Crippen LogP contribution in [0.25, 0.3) is 10.4 Å². The fourth-order valence-corrected chi connectivity index (χ4v) is 2.50. The van der Waals surface area contributed by atoms with E-state index in [1.807, 2.05) is 0 Å². The molecule has 0 spiro atoms. The number of methoxy groups -OCH3 is 1. The van der Waals surface area contributed by atoms with E-state index in [-0.39, 0.29) is 5.69 Å². The Morgan fingerprint density at radius 3 is 2.76 bits per heavy atom. The molecule has 0 saturated carbocycles. The number of ether oxygens (including phenoxy) is 2. The number of thiazole rings is 1. The molecule has 0 aliphatic carbocycles. The minimum absolute atomic E-state index is 0.0186. The van der Waals surface area contributed by atoms with Gasteiger partial charge in [-0.05, 0) is 13.0 Å². The lowest BCUT2D eigenvalue weighted by atomic mass is 10.2. The molecule has 112 valence electrons. The number of alkyl halides is 2. The Balaban J connectivity index is 2.29. The van der Waals surface area contributed by atoms with E-state index in [9.17, 15) is 13.6 Å². The monoisotopic (exact) mass is 314 g/mol. The van der Waals surface area contributed by atoms with Crippen LogP contribution in [0.3, 0.4) is 0 Å². The number of aryl methyl sites for hydroxylation is 1. The van der Waals surface area contributed by atoms with Crippen molar-refractivity contribution in [3.8, 4) is 16.3 Å². The fraction of sp³-hybridized carbons (Fsp3) is 0.308. The molecule has 0 amide bonds. The number of carbonyl (C=O) groups is 1. The van der Waals surface area contributed by atoms with Gasteiger partial charge >= 0.3 is 5.97 Å². The van der Waals surface area contributed by atoms with Crippen molar-refractivity contribution in [3.05, 3.63) is 29.0 Å². The quantitative estimate of drug-likeness (QED) is 0.794. The minimum atomic E-state index is -2.71. The molecule has 2 aromatic heterocycles. The summed E-state index contributed by atoms with van der Waals surface area (Å²) in [5, 5.41) is 0.629. The number of rotatable bonds is 5. The number of nitrogens with zero attached hydrogens (tertiary/aromatic N) is 2. The Labute approximate surface area is 123 Å². The molecule has 2 heterocycles. The van der Waals surface area contributed by atoms with E-state index in [0.29, 0.717) is 21.3 Å². The summed E-state index contributed by atoms with van der Waals surface area (Å²) in [4.78, 5) is 20.4. The number of hydrogen-bond donors (Lipinski definition) is 0. The molecule has 0 aromatic carbocycles. The van der Waals surface area contributed by atoms with Gasteiger partial charge in [0.1, 0.15) is 0 Å². The Hall–Kier alpha value is -2.09. The van der Waals surface area contributed by atoms with Crippen LogP contribution in [0.4, 0.5) is 8.78 Å². The molecule has 2 rings (SSSR count). The van der Waals surface area contributed by atoms with Crippen molar-refractivity contribution >= 4 is 17.3 Å². The van der Waals surface area contributed by atoms with Crippen molar-refractivity contribution < 1.29 is 23.0 Å². The SMILES string of the molecule is COc1ccc(-c2sc(C)nc2C(=O)OCC(F)F)cn1. The van der Waals surface area contributed by atoms with Crippen LogP contribution >= 0.6 is 11.3 Å². The Morgan fingerprint density at radius 1 is 1.43 bits per heavy atom. The van der Waals surface area contributed by atoms with Crippen LogP contribution in [0.1, 0.15) is 15.5 Å². The average Bonchev–Trinajstić information content (AvgIpc) is 2.87. The van der Waals surface area contributed by atoms with Gasteiger partial charge in [-0.3, -0.25) is 0 Å². The van der Waals surface area contributed by atoms with Crippen LogP contribution in [0.2, 0.25) is 0 Å². The molecular formula is C13H12F2N2O3S. The second-order valence-electron chi connectivity index (χ2n) is 3.99. The molecule has 2 aromatic rings. The van der Waals surface area contributed by atoms with Gasteiger partial charge in [0.25, 0.3) is 6.43 Å². The molecule has 0 atom stereocenters. The lowest BCUT2D eigenvalue weighted by Gasteiger charge is -2.04. The Bertz CT molecular complexity index is 629. The summed E-state index contributed by atoms with van der Waals surface area (Å²) in [7, 11) is 1.49. The summed E-state index contributed by atoms with van der Waals surface area (Å²) in [5.41, 5.74) is 0.663. The first-order valence-electron chi connectivity index (χ1n) is 5.94. The maximum Gasteiger partial charge on any atom is 0.358 e. The molecule has 0 radical (unpaired) electrons. The molecule has 0 N–H and O–H groups in total. The van der Waals surface area contributed by atoms with Crippen molar-refractivity contribution in [2.45, 2.75) is 13.3 Å². The first-order chi connectivity index (χ1) is 10.0. The minimum Gasteiger partial charge on any atom is -0.481 e. The van der Waals surface area contributed by atoms with Gasteiger partial charge in [-0.15, -0.1) is 11.3 Å². The van der Waals surface area contributed by atoms with Crippen molar-refractivity contribution in [2.75, 3.05) is 13.7 Å². The zero-order valence-electron chi connectivity index (χ0n) is 11.3. The molecule has 5 nitrogen and oxygen atoms in total. The number of esters is 1. The van der Waals surface area contributed by atoms with E-state index in [1.54, 1.807) is 19.1 Å². The summed E-state index contributed by atoms with van der Waals surface area (Å²) in [6.07, 6.45) is -1.19. The van der Waals surface area contributed by atoms with E-state index >= 15 is 0 Å². The van der Waals surface area contributed by atoms with E-state index in [1.165, 1.54) is 24.6 Å².